The number of halogens is 1. The Balaban J connectivity index is 0.00000256. The Hall–Kier alpha value is -1.61. The number of aliphatic imine (C=N–C) groups is 1. The Morgan fingerprint density at radius 3 is 2.63 bits per heavy atom. The average molecular weight is 522 g/mol. The first kappa shape index (κ1) is 23.1. The van der Waals surface area contributed by atoms with Crippen molar-refractivity contribution in [3.8, 4) is 0 Å². The predicted molar refractivity (Wildman–Crippen MR) is 134 cm³/mol. The largest absolute Gasteiger partial charge is 0.357 e. The summed E-state index contributed by atoms with van der Waals surface area (Å²) in [6, 6.07) is 11.3. The number of hydrogen-bond acceptors (Lipinski definition) is 3. The highest BCUT2D eigenvalue weighted by Crippen LogP contribution is 2.28. The predicted octanol–water partition coefficient (Wildman–Crippen LogP) is 3.63. The molecule has 7 heteroatoms. The molecule has 164 valence electrons. The zero-order chi connectivity index (χ0) is 20.1. The van der Waals surface area contributed by atoms with E-state index < -0.39 is 0 Å². The fourth-order valence-corrected chi connectivity index (χ4v) is 4.63. The number of nitrogens with one attached hydrogen (secondary N) is 1. The molecule has 6 nitrogen and oxygen atoms in total. The standard InChI is InChI=1S/C23H34N6.HI/c1-3-24-23(29-14-11-20(18-29)21-15-26-27(2)17-21)25-16-22(28-12-7-8-13-28)19-9-5-4-6-10-19;/h4-6,9-10,15,17,20,22H,3,7-8,11-14,16,18H2,1-2H3,(H,24,25);1H. The van der Waals surface area contributed by atoms with E-state index in [0.717, 1.165) is 38.6 Å². The second-order valence-electron chi connectivity index (χ2n) is 8.24. The van der Waals surface area contributed by atoms with E-state index in [1.165, 1.54) is 37.1 Å². The van der Waals surface area contributed by atoms with Gasteiger partial charge in [0.1, 0.15) is 0 Å². The molecule has 0 bridgehead atoms. The molecule has 2 aromatic rings. The summed E-state index contributed by atoms with van der Waals surface area (Å²) in [6.45, 7) is 8.27. The normalized spacial score (nSPS) is 20.9. The number of likely N-dealkylation sites (tertiary alicyclic amines) is 2. The number of aryl methyl sites for hydroxylation is 1. The van der Waals surface area contributed by atoms with Gasteiger partial charge in [-0.05, 0) is 50.4 Å². The molecule has 0 aliphatic carbocycles. The van der Waals surface area contributed by atoms with Gasteiger partial charge in [-0.3, -0.25) is 14.6 Å². The number of hydrogen-bond donors (Lipinski definition) is 1. The molecule has 2 unspecified atom stereocenters. The molecule has 0 spiro atoms. The van der Waals surface area contributed by atoms with Crippen molar-refractivity contribution >= 4 is 29.9 Å². The number of aromatic nitrogens is 2. The summed E-state index contributed by atoms with van der Waals surface area (Å²) >= 11 is 0. The zero-order valence-electron chi connectivity index (χ0n) is 18.2. The smallest absolute Gasteiger partial charge is 0.194 e. The molecule has 0 amide bonds. The van der Waals surface area contributed by atoms with E-state index in [1.807, 2.05) is 17.9 Å². The van der Waals surface area contributed by atoms with Crippen molar-refractivity contribution in [2.24, 2.45) is 12.0 Å². The third-order valence-electron chi connectivity index (χ3n) is 6.20. The fraction of sp³-hybridized carbons (Fsp3) is 0.565. The summed E-state index contributed by atoms with van der Waals surface area (Å²) in [5, 5.41) is 7.89. The van der Waals surface area contributed by atoms with Crippen molar-refractivity contribution in [2.45, 2.75) is 38.1 Å². The first-order valence-electron chi connectivity index (χ1n) is 11.1. The van der Waals surface area contributed by atoms with Crippen LogP contribution in [0.25, 0.3) is 0 Å². The zero-order valence-corrected chi connectivity index (χ0v) is 20.5. The lowest BCUT2D eigenvalue weighted by Crippen LogP contribution is -2.40. The maximum atomic E-state index is 5.12. The summed E-state index contributed by atoms with van der Waals surface area (Å²) in [6.07, 6.45) is 7.91. The molecule has 30 heavy (non-hydrogen) atoms. The van der Waals surface area contributed by atoms with Crippen LogP contribution in [0, 0.1) is 0 Å². The van der Waals surface area contributed by atoms with Gasteiger partial charge in [-0.25, -0.2) is 0 Å². The first-order valence-corrected chi connectivity index (χ1v) is 11.1. The summed E-state index contributed by atoms with van der Waals surface area (Å²) in [7, 11) is 1.99. The van der Waals surface area contributed by atoms with Crippen LogP contribution < -0.4 is 5.32 Å². The molecule has 2 fully saturated rings. The fourth-order valence-electron chi connectivity index (χ4n) is 4.63. The average Bonchev–Trinajstić information content (AvgIpc) is 3.50. The highest BCUT2D eigenvalue weighted by atomic mass is 127. The van der Waals surface area contributed by atoms with Crippen molar-refractivity contribution in [3.63, 3.8) is 0 Å². The third-order valence-corrected chi connectivity index (χ3v) is 6.20. The van der Waals surface area contributed by atoms with Crippen molar-refractivity contribution < 1.29 is 0 Å². The number of nitrogens with zero attached hydrogens (tertiary/aromatic N) is 5. The second kappa shape index (κ2) is 11.1. The van der Waals surface area contributed by atoms with Crippen LogP contribution in [0.3, 0.4) is 0 Å². The molecule has 1 aromatic carbocycles. The lowest BCUT2D eigenvalue weighted by molar-refractivity contribution is 0.251. The minimum Gasteiger partial charge on any atom is -0.357 e. The highest BCUT2D eigenvalue weighted by molar-refractivity contribution is 14.0. The minimum atomic E-state index is 0. The molecule has 1 aromatic heterocycles. The molecular formula is C23H35IN6. The van der Waals surface area contributed by atoms with Crippen LogP contribution in [-0.4, -0.2) is 64.8 Å². The van der Waals surface area contributed by atoms with Crippen LogP contribution >= 0.6 is 24.0 Å². The second-order valence-corrected chi connectivity index (χ2v) is 8.24. The van der Waals surface area contributed by atoms with Gasteiger partial charge in [-0.15, -0.1) is 24.0 Å². The van der Waals surface area contributed by atoms with Gasteiger partial charge in [0.2, 0.25) is 0 Å². The van der Waals surface area contributed by atoms with E-state index in [2.05, 4.69) is 63.7 Å². The van der Waals surface area contributed by atoms with Crippen LogP contribution in [-0.2, 0) is 7.05 Å². The van der Waals surface area contributed by atoms with Gasteiger partial charge in [-0.1, -0.05) is 30.3 Å². The van der Waals surface area contributed by atoms with E-state index in [-0.39, 0.29) is 24.0 Å². The van der Waals surface area contributed by atoms with Crippen molar-refractivity contribution in [2.75, 3.05) is 39.3 Å². The third kappa shape index (κ3) is 5.55. The van der Waals surface area contributed by atoms with E-state index >= 15 is 0 Å². The molecule has 2 atom stereocenters. The Labute approximate surface area is 197 Å². The monoisotopic (exact) mass is 522 g/mol. The molecule has 2 aliphatic rings. The van der Waals surface area contributed by atoms with Gasteiger partial charge in [-0.2, -0.15) is 5.10 Å². The van der Waals surface area contributed by atoms with Gasteiger partial charge < -0.3 is 10.2 Å². The molecule has 3 heterocycles. The summed E-state index contributed by atoms with van der Waals surface area (Å²) in [5.74, 6) is 1.59. The molecule has 4 rings (SSSR count). The van der Waals surface area contributed by atoms with Crippen molar-refractivity contribution in [1.82, 2.24) is 24.9 Å². The first-order chi connectivity index (χ1) is 14.2. The Kier molecular flexibility index (Phi) is 8.56. The Morgan fingerprint density at radius 1 is 1.20 bits per heavy atom. The topological polar surface area (TPSA) is 48.7 Å². The summed E-state index contributed by atoms with van der Waals surface area (Å²) < 4.78 is 1.90. The van der Waals surface area contributed by atoms with E-state index in [0.29, 0.717) is 12.0 Å². The Bertz CT molecular complexity index is 799. The number of benzene rings is 1. The highest BCUT2D eigenvalue weighted by Gasteiger charge is 2.28. The molecule has 1 N–H and O–H groups in total. The maximum absolute atomic E-state index is 5.12. The minimum absolute atomic E-state index is 0. The molecule has 2 aliphatic heterocycles. The van der Waals surface area contributed by atoms with Gasteiger partial charge in [0.25, 0.3) is 0 Å². The number of rotatable bonds is 6. The van der Waals surface area contributed by atoms with E-state index in [1.54, 1.807) is 0 Å². The van der Waals surface area contributed by atoms with Crippen molar-refractivity contribution in [3.05, 3.63) is 53.9 Å². The Morgan fingerprint density at radius 2 is 1.97 bits per heavy atom. The van der Waals surface area contributed by atoms with Gasteiger partial charge in [0.05, 0.1) is 18.8 Å². The molecule has 2 saturated heterocycles. The molecule has 0 saturated carbocycles. The van der Waals surface area contributed by atoms with Crippen LogP contribution in [0.2, 0.25) is 0 Å². The van der Waals surface area contributed by atoms with Crippen LogP contribution in [0.5, 0.6) is 0 Å². The van der Waals surface area contributed by atoms with Crippen LogP contribution in [0.1, 0.15) is 49.3 Å². The van der Waals surface area contributed by atoms with E-state index in [4.69, 9.17) is 4.99 Å². The molecular weight excluding hydrogens is 487 g/mol. The summed E-state index contributed by atoms with van der Waals surface area (Å²) in [4.78, 5) is 10.1. The quantitative estimate of drug-likeness (QED) is 0.358. The lowest BCUT2D eigenvalue weighted by Gasteiger charge is -2.28. The SMILES string of the molecule is CCNC(=NCC(c1ccccc1)N1CCCC1)N1CCC(c2cnn(C)c2)C1.I. The van der Waals surface area contributed by atoms with Gasteiger partial charge >= 0.3 is 0 Å². The van der Waals surface area contributed by atoms with Gasteiger partial charge in [0, 0.05) is 38.8 Å². The van der Waals surface area contributed by atoms with Gasteiger partial charge in [0.15, 0.2) is 5.96 Å². The van der Waals surface area contributed by atoms with Crippen LogP contribution in [0.15, 0.2) is 47.7 Å². The lowest BCUT2D eigenvalue weighted by atomic mass is 10.0. The maximum Gasteiger partial charge on any atom is 0.194 e. The van der Waals surface area contributed by atoms with Crippen LogP contribution in [0.4, 0.5) is 0 Å². The van der Waals surface area contributed by atoms with E-state index in [9.17, 15) is 0 Å². The summed E-state index contributed by atoms with van der Waals surface area (Å²) in [5.41, 5.74) is 2.72. The number of guanidine groups is 1. The molecule has 0 radical (unpaired) electrons. The van der Waals surface area contributed by atoms with Crippen molar-refractivity contribution in [1.29, 1.82) is 0 Å².